The highest BCUT2D eigenvalue weighted by Gasteiger charge is 2.19. The van der Waals surface area contributed by atoms with E-state index in [0.717, 1.165) is 16.8 Å². The van der Waals surface area contributed by atoms with E-state index < -0.39 is 0 Å². The maximum absolute atomic E-state index is 12.3. The first kappa shape index (κ1) is 18.1. The van der Waals surface area contributed by atoms with E-state index >= 15 is 0 Å². The topological polar surface area (TPSA) is 80.9 Å². The van der Waals surface area contributed by atoms with Crippen molar-refractivity contribution in [1.82, 2.24) is 15.2 Å². The Morgan fingerprint density at radius 2 is 1.85 bits per heavy atom. The minimum Gasteiger partial charge on any atom is -0.411 e. The van der Waals surface area contributed by atoms with Gasteiger partial charge in [-0.1, -0.05) is 50.7 Å². The summed E-state index contributed by atoms with van der Waals surface area (Å²) in [6.45, 7) is 6.35. The molecule has 0 saturated heterocycles. The normalized spacial score (nSPS) is 11.3. The van der Waals surface area contributed by atoms with Gasteiger partial charge in [0.05, 0.1) is 5.75 Å². The molecule has 0 aliphatic heterocycles. The highest BCUT2D eigenvalue weighted by Crippen LogP contribution is 2.29. The van der Waals surface area contributed by atoms with Crippen molar-refractivity contribution in [3.05, 3.63) is 54.4 Å². The number of carbonyl (C=O) groups is 1. The van der Waals surface area contributed by atoms with Crippen molar-refractivity contribution < 1.29 is 9.21 Å². The van der Waals surface area contributed by atoms with Crippen LogP contribution < -0.4 is 5.32 Å². The van der Waals surface area contributed by atoms with Crippen LogP contribution in [0.4, 0.5) is 5.69 Å². The van der Waals surface area contributed by atoms with Crippen molar-refractivity contribution in [1.29, 1.82) is 0 Å². The summed E-state index contributed by atoms with van der Waals surface area (Å²) in [7, 11) is 0. The van der Waals surface area contributed by atoms with Gasteiger partial charge in [0, 0.05) is 23.6 Å². The Hall–Kier alpha value is -2.67. The van der Waals surface area contributed by atoms with E-state index in [4.69, 9.17) is 4.42 Å². The van der Waals surface area contributed by atoms with Gasteiger partial charge in [-0.15, -0.1) is 10.2 Å². The Morgan fingerprint density at radius 3 is 2.58 bits per heavy atom. The summed E-state index contributed by atoms with van der Waals surface area (Å²) >= 11 is 1.21. The summed E-state index contributed by atoms with van der Waals surface area (Å²) in [6, 6.07) is 11.4. The fraction of sp³-hybridized carbons (Fsp3) is 0.263. The van der Waals surface area contributed by atoms with Gasteiger partial charge >= 0.3 is 0 Å². The van der Waals surface area contributed by atoms with Crippen LogP contribution in [0.15, 0.2) is 58.4 Å². The second-order valence-electron chi connectivity index (χ2n) is 6.74. The molecule has 0 spiro atoms. The maximum atomic E-state index is 12.3. The number of thioether (sulfide) groups is 1. The summed E-state index contributed by atoms with van der Waals surface area (Å²) in [5.41, 5.74) is 2.66. The summed E-state index contributed by atoms with van der Waals surface area (Å²) < 4.78 is 5.58. The Kier molecular flexibility index (Phi) is 5.37. The zero-order chi connectivity index (χ0) is 18.6. The molecule has 2 aromatic heterocycles. The number of hydrogen-bond donors (Lipinski definition) is 1. The Bertz CT molecular complexity index is 888. The van der Waals surface area contributed by atoms with Crippen molar-refractivity contribution >= 4 is 23.4 Å². The van der Waals surface area contributed by atoms with Gasteiger partial charge in [0.1, 0.15) is 0 Å². The molecule has 0 atom stereocenters. The summed E-state index contributed by atoms with van der Waals surface area (Å²) in [6.07, 6.45) is 3.32. The number of benzene rings is 1. The molecule has 0 bridgehead atoms. The predicted octanol–water partition coefficient (Wildman–Crippen LogP) is 4.16. The summed E-state index contributed by atoms with van der Waals surface area (Å²) in [4.78, 5) is 16.3. The molecule has 1 aromatic carbocycles. The average molecular weight is 368 g/mol. The maximum Gasteiger partial charge on any atom is 0.277 e. The summed E-state index contributed by atoms with van der Waals surface area (Å²) in [5.74, 6) is 0.486. The molecule has 134 valence electrons. The lowest BCUT2D eigenvalue weighted by atomic mass is 9.86. The van der Waals surface area contributed by atoms with Crippen molar-refractivity contribution in [2.45, 2.75) is 31.4 Å². The van der Waals surface area contributed by atoms with Gasteiger partial charge in [-0.2, -0.15) is 0 Å². The first-order valence-electron chi connectivity index (χ1n) is 8.19. The smallest absolute Gasteiger partial charge is 0.277 e. The van der Waals surface area contributed by atoms with Crippen molar-refractivity contribution in [2.24, 2.45) is 0 Å². The molecule has 0 unspecified atom stereocenters. The molecule has 6 nitrogen and oxygen atoms in total. The van der Waals surface area contributed by atoms with E-state index in [2.05, 4.69) is 41.3 Å². The number of anilines is 1. The van der Waals surface area contributed by atoms with Crippen LogP contribution in [0.5, 0.6) is 0 Å². The first-order valence-corrected chi connectivity index (χ1v) is 9.18. The van der Waals surface area contributed by atoms with Crippen LogP contribution >= 0.6 is 11.8 Å². The second kappa shape index (κ2) is 7.70. The molecule has 3 rings (SSSR count). The van der Waals surface area contributed by atoms with Gasteiger partial charge in [0.2, 0.25) is 11.8 Å². The van der Waals surface area contributed by atoms with Gasteiger partial charge < -0.3 is 9.73 Å². The van der Waals surface area contributed by atoms with Gasteiger partial charge in [-0.05, 0) is 29.2 Å². The van der Waals surface area contributed by atoms with Crippen LogP contribution in [0.3, 0.4) is 0 Å². The van der Waals surface area contributed by atoms with E-state index in [1.54, 1.807) is 24.5 Å². The van der Waals surface area contributed by atoms with E-state index in [0.29, 0.717) is 11.1 Å². The largest absolute Gasteiger partial charge is 0.411 e. The fourth-order valence-corrected chi connectivity index (χ4v) is 3.00. The van der Waals surface area contributed by atoms with E-state index in [-0.39, 0.29) is 17.1 Å². The fourth-order valence-electron chi connectivity index (χ4n) is 2.44. The Balaban J connectivity index is 1.61. The van der Waals surface area contributed by atoms with Crippen molar-refractivity contribution in [3.8, 4) is 11.5 Å². The number of rotatable bonds is 5. The molecule has 0 aliphatic carbocycles. The molecule has 26 heavy (non-hydrogen) atoms. The molecule has 0 aliphatic rings. The van der Waals surface area contributed by atoms with Crippen molar-refractivity contribution in [2.75, 3.05) is 11.1 Å². The molecular weight excluding hydrogens is 348 g/mol. The average Bonchev–Trinajstić information content (AvgIpc) is 3.09. The molecule has 1 amide bonds. The van der Waals surface area contributed by atoms with Crippen LogP contribution in [0.2, 0.25) is 0 Å². The number of aromatic nitrogens is 3. The second-order valence-corrected chi connectivity index (χ2v) is 7.67. The minimum atomic E-state index is -0.115. The van der Waals surface area contributed by atoms with Gasteiger partial charge in [0.15, 0.2) is 0 Å². The lowest BCUT2D eigenvalue weighted by Gasteiger charge is -2.22. The van der Waals surface area contributed by atoms with Crippen LogP contribution in [-0.2, 0) is 10.2 Å². The Labute approximate surface area is 156 Å². The number of carbonyl (C=O) groups excluding carboxylic acids is 1. The third-order valence-corrected chi connectivity index (χ3v) is 4.49. The third kappa shape index (κ3) is 4.49. The van der Waals surface area contributed by atoms with Gasteiger partial charge in [-0.3, -0.25) is 9.78 Å². The quantitative estimate of drug-likeness (QED) is 0.681. The van der Waals surface area contributed by atoms with Crippen LogP contribution in [0, 0.1) is 0 Å². The lowest BCUT2D eigenvalue weighted by molar-refractivity contribution is -0.113. The molecule has 3 aromatic rings. The predicted molar refractivity (Wildman–Crippen MR) is 102 cm³/mol. The summed E-state index contributed by atoms with van der Waals surface area (Å²) in [5, 5.41) is 11.3. The van der Waals surface area contributed by atoms with Crippen LogP contribution in [0.1, 0.15) is 26.3 Å². The zero-order valence-corrected chi connectivity index (χ0v) is 15.7. The van der Waals surface area contributed by atoms with E-state index in [1.165, 1.54) is 11.8 Å². The number of amides is 1. The van der Waals surface area contributed by atoms with E-state index in [1.807, 2.05) is 24.3 Å². The lowest BCUT2D eigenvalue weighted by Crippen LogP contribution is -2.19. The SMILES string of the molecule is CC(C)(C)c1ccccc1NC(=O)CSc1nnc(-c2ccncc2)o1. The number of nitrogens with one attached hydrogen (secondary N) is 1. The molecular formula is C19H20N4O2S. The van der Waals surface area contributed by atoms with Gasteiger partial charge in [-0.25, -0.2) is 0 Å². The van der Waals surface area contributed by atoms with Crippen LogP contribution in [0.25, 0.3) is 11.5 Å². The molecule has 0 fully saturated rings. The zero-order valence-electron chi connectivity index (χ0n) is 14.9. The minimum absolute atomic E-state index is 0.0526. The standard InChI is InChI=1S/C19H20N4O2S/c1-19(2,3)14-6-4-5-7-15(14)21-16(24)12-26-18-23-22-17(25-18)13-8-10-20-11-9-13/h4-11H,12H2,1-3H3,(H,21,24). The van der Waals surface area contributed by atoms with E-state index in [9.17, 15) is 4.79 Å². The molecule has 0 radical (unpaired) electrons. The molecule has 7 heteroatoms. The molecule has 2 heterocycles. The van der Waals surface area contributed by atoms with Gasteiger partial charge in [0.25, 0.3) is 5.22 Å². The highest BCUT2D eigenvalue weighted by molar-refractivity contribution is 7.99. The monoisotopic (exact) mass is 368 g/mol. The van der Waals surface area contributed by atoms with Crippen LogP contribution in [-0.4, -0.2) is 26.8 Å². The first-order chi connectivity index (χ1) is 12.4. The highest BCUT2D eigenvalue weighted by atomic mass is 32.2. The van der Waals surface area contributed by atoms with Crippen molar-refractivity contribution in [3.63, 3.8) is 0 Å². The Morgan fingerprint density at radius 1 is 1.12 bits per heavy atom. The number of nitrogens with zero attached hydrogens (tertiary/aromatic N) is 3. The number of para-hydroxylation sites is 1. The third-order valence-electron chi connectivity index (χ3n) is 3.67. The number of hydrogen-bond acceptors (Lipinski definition) is 6. The molecule has 0 saturated carbocycles. The molecule has 1 N–H and O–H groups in total. The number of pyridine rings is 1.